The Labute approximate surface area is 199 Å². The van der Waals surface area contributed by atoms with Gasteiger partial charge in [0.25, 0.3) is 8.32 Å². The van der Waals surface area contributed by atoms with Crippen molar-refractivity contribution in [2.45, 2.75) is 84.2 Å². The minimum absolute atomic E-state index is 0.0365. The predicted octanol–water partition coefficient (Wildman–Crippen LogP) is 6.57. The summed E-state index contributed by atoms with van der Waals surface area (Å²) in [7, 11) is -0.743. The number of hydrogen-bond donors (Lipinski definition) is 1. The molecule has 0 amide bonds. The highest BCUT2D eigenvalue weighted by molar-refractivity contribution is 6.74. The van der Waals surface area contributed by atoms with Crippen molar-refractivity contribution in [2.75, 3.05) is 7.11 Å². The van der Waals surface area contributed by atoms with E-state index in [0.717, 1.165) is 41.4 Å². The van der Waals surface area contributed by atoms with Gasteiger partial charge in [-0.25, -0.2) is 4.79 Å². The van der Waals surface area contributed by atoms with Gasteiger partial charge in [-0.1, -0.05) is 63.9 Å². The minimum atomic E-state index is -2.13. The number of carbonyl (C=O) groups excluding carboxylic acids is 1. The van der Waals surface area contributed by atoms with Gasteiger partial charge >= 0.3 is 5.97 Å². The van der Waals surface area contributed by atoms with Crippen LogP contribution in [0.15, 0.2) is 48.0 Å². The van der Waals surface area contributed by atoms with Crippen LogP contribution in [0.5, 0.6) is 0 Å². The van der Waals surface area contributed by atoms with Gasteiger partial charge in [0, 0.05) is 17.6 Å². The van der Waals surface area contributed by atoms with E-state index in [1.54, 1.807) is 6.08 Å². The van der Waals surface area contributed by atoms with Gasteiger partial charge < -0.3 is 19.4 Å². The quantitative estimate of drug-likeness (QED) is 0.247. The highest BCUT2D eigenvalue weighted by atomic mass is 35.5. The van der Waals surface area contributed by atoms with Crippen LogP contribution in [-0.2, 0) is 20.5 Å². The van der Waals surface area contributed by atoms with E-state index in [1.807, 2.05) is 24.3 Å². The molecule has 1 aromatic rings. The van der Waals surface area contributed by atoms with Crippen molar-refractivity contribution < 1.29 is 14.0 Å². The molecule has 0 radical (unpaired) electrons. The Morgan fingerprint density at radius 3 is 2.50 bits per heavy atom. The van der Waals surface area contributed by atoms with Crippen LogP contribution >= 0.6 is 11.6 Å². The van der Waals surface area contributed by atoms with Crippen molar-refractivity contribution >= 4 is 25.9 Å². The van der Waals surface area contributed by atoms with Crippen LogP contribution in [0.1, 0.15) is 59.4 Å². The fraction of sp³-hybridized carbons (Fsp3) is 0.560. The number of methoxy groups -OCH3 is 1. The molecule has 2 rings (SSSR count). The Morgan fingerprint density at radius 2 is 1.94 bits per heavy atom. The Morgan fingerprint density at radius 1 is 1.28 bits per heavy atom. The van der Waals surface area contributed by atoms with Crippen molar-refractivity contribution in [1.82, 2.24) is 10.2 Å². The Bertz CT molecular complexity index is 876. The molecule has 1 aliphatic rings. The lowest BCUT2D eigenvalue weighted by Gasteiger charge is -2.39. The number of halogens is 1. The molecule has 5 nitrogen and oxygen atoms in total. The van der Waals surface area contributed by atoms with Crippen LogP contribution in [0.2, 0.25) is 23.2 Å². The number of benzene rings is 1. The van der Waals surface area contributed by atoms with Crippen molar-refractivity contribution in [3.05, 3.63) is 58.6 Å². The van der Waals surface area contributed by atoms with Gasteiger partial charge in [0.2, 0.25) is 0 Å². The van der Waals surface area contributed by atoms with Gasteiger partial charge in [-0.05, 0) is 55.6 Å². The number of nitrogens with one attached hydrogen (secondary N) is 1. The molecule has 1 unspecified atom stereocenters. The van der Waals surface area contributed by atoms with Gasteiger partial charge in [0.1, 0.15) is 5.66 Å². The molecule has 0 saturated heterocycles. The first-order valence-electron chi connectivity index (χ1n) is 11.3. The summed E-state index contributed by atoms with van der Waals surface area (Å²) in [6.07, 6.45) is 6.33. The molecule has 32 heavy (non-hydrogen) atoms. The predicted molar refractivity (Wildman–Crippen MR) is 135 cm³/mol. The average molecular weight is 479 g/mol. The highest BCUT2D eigenvalue weighted by Gasteiger charge is 2.46. The number of hydrogen-bond acceptors (Lipinski definition) is 5. The van der Waals surface area contributed by atoms with E-state index in [1.165, 1.54) is 13.2 Å². The van der Waals surface area contributed by atoms with Crippen LogP contribution in [0, 0.1) is 0 Å². The molecule has 0 bridgehead atoms. The van der Waals surface area contributed by atoms with E-state index in [4.69, 9.17) is 20.8 Å². The summed E-state index contributed by atoms with van der Waals surface area (Å²) in [5.74, 6) is 0.325. The first-order chi connectivity index (χ1) is 14.8. The minimum Gasteiger partial charge on any atom is -0.531 e. The number of unbranched alkanes of at least 4 members (excludes halogenated alkanes) is 1. The molecule has 1 heterocycles. The van der Waals surface area contributed by atoms with Crippen LogP contribution in [0.25, 0.3) is 0 Å². The number of rotatable bonds is 9. The van der Waals surface area contributed by atoms with Crippen LogP contribution in [0.4, 0.5) is 0 Å². The maximum absolute atomic E-state index is 11.9. The van der Waals surface area contributed by atoms with Crippen molar-refractivity contribution in [3.8, 4) is 0 Å². The molecule has 1 aromatic carbocycles. The molecule has 1 N–H and O–H groups in total. The van der Waals surface area contributed by atoms with E-state index in [9.17, 15) is 4.79 Å². The Hall–Kier alpha value is -1.92. The summed E-state index contributed by atoms with van der Waals surface area (Å²) in [6.45, 7) is 16.1. The standard InChI is InChI=1S/C25H39ClN2O3Si/c1-9-10-17-25(5)27-23(31-32(7,8)24(2,3)4)21(15-16-22(29)30-6)28(25)18-19-13-11-12-14-20(19)26/h11-16,27H,9-10,17-18H2,1-8H3/b16-15+. The van der Waals surface area contributed by atoms with Gasteiger partial charge in [-0.2, -0.15) is 0 Å². The van der Waals surface area contributed by atoms with E-state index >= 15 is 0 Å². The summed E-state index contributed by atoms with van der Waals surface area (Å²) < 4.78 is 11.6. The number of carbonyl (C=O) groups is 1. The van der Waals surface area contributed by atoms with E-state index in [-0.39, 0.29) is 10.7 Å². The second-order valence-corrected chi connectivity index (χ2v) is 15.2. The normalized spacial score (nSPS) is 19.5. The van der Waals surface area contributed by atoms with Crippen LogP contribution < -0.4 is 5.32 Å². The third-order valence-electron chi connectivity index (χ3n) is 6.55. The first-order valence-corrected chi connectivity index (χ1v) is 14.6. The van der Waals surface area contributed by atoms with Gasteiger partial charge in [-0.15, -0.1) is 0 Å². The average Bonchev–Trinajstić information content (AvgIpc) is 2.95. The number of ether oxygens (including phenoxy) is 1. The van der Waals surface area contributed by atoms with E-state index < -0.39 is 14.3 Å². The lowest BCUT2D eigenvalue weighted by Crippen LogP contribution is -2.50. The molecular weight excluding hydrogens is 440 g/mol. The first kappa shape index (κ1) is 26.3. The van der Waals surface area contributed by atoms with Gasteiger partial charge in [0.05, 0.1) is 12.8 Å². The molecule has 0 spiro atoms. The Kier molecular flexibility index (Phi) is 8.51. The third kappa shape index (κ3) is 6.10. The van der Waals surface area contributed by atoms with Gasteiger partial charge in [0.15, 0.2) is 5.88 Å². The SMILES string of the molecule is CCCCC1(C)NC(O[Si](C)(C)C(C)(C)C)=C(/C=C/C(=O)OC)N1Cc1ccccc1Cl. The zero-order chi connectivity index (χ0) is 24.2. The summed E-state index contributed by atoms with van der Waals surface area (Å²) in [4.78, 5) is 14.2. The molecule has 1 atom stereocenters. The lowest BCUT2D eigenvalue weighted by atomic mass is 10.0. The molecule has 178 valence electrons. The number of esters is 1. The molecule has 7 heteroatoms. The molecule has 0 saturated carbocycles. The van der Waals surface area contributed by atoms with Crippen molar-refractivity contribution in [2.24, 2.45) is 0 Å². The zero-order valence-electron chi connectivity index (χ0n) is 20.8. The maximum atomic E-state index is 11.9. The van der Waals surface area contributed by atoms with Gasteiger partial charge in [-0.3, -0.25) is 0 Å². The van der Waals surface area contributed by atoms with Crippen molar-refractivity contribution in [1.29, 1.82) is 0 Å². The van der Waals surface area contributed by atoms with E-state index in [0.29, 0.717) is 6.54 Å². The largest absolute Gasteiger partial charge is 0.531 e. The second-order valence-electron chi connectivity index (χ2n) is 10.1. The number of allylic oxidation sites excluding steroid dienone is 1. The topological polar surface area (TPSA) is 50.8 Å². The molecule has 1 aliphatic heterocycles. The Balaban J connectivity index is 2.58. The monoisotopic (exact) mass is 478 g/mol. The summed E-state index contributed by atoms with van der Waals surface area (Å²) in [6, 6.07) is 7.88. The second kappa shape index (κ2) is 10.3. The van der Waals surface area contributed by atoms with Crippen LogP contribution in [-0.4, -0.2) is 32.0 Å². The smallest absolute Gasteiger partial charge is 0.330 e. The zero-order valence-corrected chi connectivity index (χ0v) is 22.6. The fourth-order valence-corrected chi connectivity index (χ4v) is 4.57. The summed E-state index contributed by atoms with van der Waals surface area (Å²) in [5.41, 5.74) is 1.50. The van der Waals surface area contributed by atoms with Crippen LogP contribution in [0.3, 0.4) is 0 Å². The summed E-state index contributed by atoms with van der Waals surface area (Å²) in [5, 5.41) is 4.44. The molecule has 0 aliphatic carbocycles. The highest BCUT2D eigenvalue weighted by Crippen LogP contribution is 2.42. The molecule has 0 fully saturated rings. The lowest BCUT2D eigenvalue weighted by molar-refractivity contribution is -0.134. The van der Waals surface area contributed by atoms with Crippen molar-refractivity contribution in [3.63, 3.8) is 0 Å². The fourth-order valence-electron chi connectivity index (χ4n) is 3.41. The number of nitrogens with zero attached hydrogens (tertiary/aromatic N) is 1. The molecular formula is C25H39ClN2O3Si. The summed E-state index contributed by atoms with van der Waals surface area (Å²) >= 11 is 6.52. The maximum Gasteiger partial charge on any atom is 0.330 e. The molecule has 0 aromatic heterocycles. The third-order valence-corrected chi connectivity index (χ3v) is 11.2. The van der Waals surface area contributed by atoms with E-state index in [2.05, 4.69) is 57.9 Å².